The Labute approximate surface area is 133 Å². The number of anilines is 1. The molecule has 2 aromatic rings. The molecule has 0 radical (unpaired) electrons. The van der Waals surface area contributed by atoms with Gasteiger partial charge in [0.05, 0.1) is 5.41 Å². The van der Waals surface area contributed by atoms with Gasteiger partial charge in [-0.05, 0) is 37.0 Å². The van der Waals surface area contributed by atoms with Gasteiger partial charge >= 0.3 is 5.97 Å². The van der Waals surface area contributed by atoms with Crippen molar-refractivity contribution in [1.82, 2.24) is 9.97 Å². The van der Waals surface area contributed by atoms with Gasteiger partial charge in [0.25, 0.3) is 0 Å². The van der Waals surface area contributed by atoms with Gasteiger partial charge in [-0.25, -0.2) is 14.4 Å². The molecule has 0 amide bonds. The first-order valence-corrected chi connectivity index (χ1v) is 7.59. The smallest absolute Gasteiger partial charge is 0.311 e. The SMILES string of the molecule is O=C(O)[C@@]1(Cc2ccccc2F)CCCN(c2ncccn2)C1. The summed E-state index contributed by atoms with van der Waals surface area (Å²) in [5, 5.41) is 9.82. The molecular weight excluding hydrogens is 297 g/mol. The monoisotopic (exact) mass is 315 g/mol. The highest BCUT2D eigenvalue weighted by Gasteiger charge is 2.43. The molecule has 5 nitrogen and oxygen atoms in total. The van der Waals surface area contributed by atoms with Crippen molar-refractivity contribution >= 4 is 11.9 Å². The van der Waals surface area contributed by atoms with E-state index in [4.69, 9.17) is 0 Å². The topological polar surface area (TPSA) is 66.3 Å². The van der Waals surface area contributed by atoms with Crippen molar-refractivity contribution < 1.29 is 14.3 Å². The second-order valence-electron chi connectivity index (χ2n) is 5.93. The van der Waals surface area contributed by atoms with Crippen LogP contribution in [0.3, 0.4) is 0 Å². The molecule has 0 spiro atoms. The number of halogens is 1. The summed E-state index contributed by atoms with van der Waals surface area (Å²) in [5.74, 6) is -0.742. The van der Waals surface area contributed by atoms with Crippen LogP contribution in [0.1, 0.15) is 18.4 Å². The van der Waals surface area contributed by atoms with E-state index in [9.17, 15) is 14.3 Å². The zero-order valence-corrected chi connectivity index (χ0v) is 12.7. The lowest BCUT2D eigenvalue weighted by molar-refractivity contribution is -0.149. The highest BCUT2D eigenvalue weighted by Crippen LogP contribution is 2.35. The zero-order valence-electron chi connectivity index (χ0n) is 12.7. The number of carboxylic acids is 1. The first kappa shape index (κ1) is 15.4. The number of aromatic nitrogens is 2. The third kappa shape index (κ3) is 3.16. The molecule has 2 heterocycles. The van der Waals surface area contributed by atoms with Crippen molar-refractivity contribution in [2.75, 3.05) is 18.0 Å². The Balaban J connectivity index is 1.89. The van der Waals surface area contributed by atoms with Gasteiger partial charge in [-0.15, -0.1) is 0 Å². The maximum Gasteiger partial charge on any atom is 0.311 e. The summed E-state index contributed by atoms with van der Waals surface area (Å²) in [5.41, 5.74) is -0.592. The Kier molecular flexibility index (Phi) is 4.23. The number of rotatable bonds is 4. The molecule has 1 N–H and O–H groups in total. The van der Waals surface area contributed by atoms with Crippen molar-refractivity contribution in [3.8, 4) is 0 Å². The fraction of sp³-hybridized carbons (Fsp3) is 0.353. The summed E-state index contributed by atoms with van der Waals surface area (Å²) in [4.78, 5) is 22.3. The molecule has 120 valence electrons. The standard InChI is InChI=1S/C17H18FN3O2/c18-14-6-2-1-5-13(14)11-17(15(22)23)7-3-10-21(12-17)16-19-8-4-9-20-16/h1-2,4-6,8-9H,3,7,10-12H2,(H,22,23)/t17-/m1/s1. The molecule has 1 saturated heterocycles. The summed E-state index contributed by atoms with van der Waals surface area (Å²) in [7, 11) is 0. The van der Waals surface area contributed by atoms with Gasteiger partial charge in [-0.3, -0.25) is 4.79 Å². The predicted molar refractivity (Wildman–Crippen MR) is 83.7 cm³/mol. The van der Waals surface area contributed by atoms with Crippen molar-refractivity contribution in [2.45, 2.75) is 19.3 Å². The lowest BCUT2D eigenvalue weighted by Gasteiger charge is -2.40. The van der Waals surface area contributed by atoms with Crippen LogP contribution in [-0.2, 0) is 11.2 Å². The molecule has 23 heavy (non-hydrogen) atoms. The molecule has 0 bridgehead atoms. The van der Waals surface area contributed by atoms with Crippen molar-refractivity contribution in [1.29, 1.82) is 0 Å². The molecule has 0 aliphatic carbocycles. The van der Waals surface area contributed by atoms with Gasteiger partial charge in [0, 0.05) is 25.5 Å². The van der Waals surface area contributed by atoms with E-state index in [0.29, 0.717) is 30.9 Å². The molecule has 1 atom stereocenters. The molecule has 1 aliphatic rings. The van der Waals surface area contributed by atoms with Crippen molar-refractivity contribution in [3.63, 3.8) is 0 Å². The maximum absolute atomic E-state index is 14.0. The van der Waals surface area contributed by atoms with Crippen LogP contribution >= 0.6 is 0 Å². The first-order valence-electron chi connectivity index (χ1n) is 7.59. The number of hydrogen-bond acceptors (Lipinski definition) is 4. The highest BCUT2D eigenvalue weighted by atomic mass is 19.1. The number of aliphatic carboxylic acids is 1. The van der Waals surface area contributed by atoms with Crippen LogP contribution in [-0.4, -0.2) is 34.1 Å². The normalized spacial score (nSPS) is 21.2. The van der Waals surface area contributed by atoms with Crippen molar-refractivity contribution in [3.05, 3.63) is 54.1 Å². The minimum absolute atomic E-state index is 0.165. The fourth-order valence-electron chi connectivity index (χ4n) is 3.16. The van der Waals surface area contributed by atoms with Crippen LogP contribution < -0.4 is 4.90 Å². The van der Waals surface area contributed by atoms with E-state index >= 15 is 0 Å². The third-order valence-corrected chi connectivity index (χ3v) is 4.35. The van der Waals surface area contributed by atoms with Crippen LogP contribution in [0.25, 0.3) is 0 Å². The Morgan fingerprint density at radius 1 is 1.26 bits per heavy atom. The largest absolute Gasteiger partial charge is 0.481 e. The molecule has 1 fully saturated rings. The van der Waals surface area contributed by atoms with Crippen LogP contribution in [0, 0.1) is 11.2 Å². The van der Waals surface area contributed by atoms with Crippen molar-refractivity contribution in [2.24, 2.45) is 5.41 Å². The second kappa shape index (κ2) is 6.32. The van der Waals surface area contributed by atoms with E-state index < -0.39 is 11.4 Å². The molecule has 0 saturated carbocycles. The lowest BCUT2D eigenvalue weighted by Crippen LogP contribution is -2.49. The summed E-state index contributed by atoms with van der Waals surface area (Å²) in [6, 6.07) is 8.08. The Morgan fingerprint density at radius 3 is 2.70 bits per heavy atom. The molecule has 1 aromatic carbocycles. The molecule has 3 rings (SSSR count). The van der Waals surface area contributed by atoms with Gasteiger partial charge in [0.2, 0.25) is 5.95 Å². The predicted octanol–water partition coefficient (Wildman–Crippen LogP) is 2.53. The minimum Gasteiger partial charge on any atom is -0.481 e. The average Bonchev–Trinajstić information content (AvgIpc) is 2.58. The summed E-state index contributed by atoms with van der Waals surface area (Å²) < 4.78 is 14.0. The Morgan fingerprint density at radius 2 is 2.00 bits per heavy atom. The summed E-state index contributed by atoms with van der Waals surface area (Å²) in [6.07, 6.45) is 4.66. The van der Waals surface area contributed by atoms with E-state index in [1.807, 2.05) is 4.90 Å². The van der Waals surface area contributed by atoms with Crippen LogP contribution in [0.5, 0.6) is 0 Å². The van der Waals surface area contributed by atoms with Gasteiger partial charge in [0.15, 0.2) is 0 Å². The highest BCUT2D eigenvalue weighted by molar-refractivity contribution is 5.76. The number of carbonyl (C=O) groups is 1. The van der Waals surface area contributed by atoms with Crippen LogP contribution in [0.2, 0.25) is 0 Å². The number of nitrogens with zero attached hydrogens (tertiary/aromatic N) is 3. The quantitative estimate of drug-likeness (QED) is 0.939. The van der Waals surface area contributed by atoms with Gasteiger partial charge in [-0.2, -0.15) is 0 Å². The van der Waals surface area contributed by atoms with E-state index in [1.54, 1.807) is 36.7 Å². The Bertz CT molecular complexity index is 695. The zero-order chi connectivity index (χ0) is 16.3. The number of piperidine rings is 1. The lowest BCUT2D eigenvalue weighted by atomic mass is 9.75. The molecule has 1 aliphatic heterocycles. The van der Waals surface area contributed by atoms with E-state index in [-0.39, 0.29) is 18.8 Å². The third-order valence-electron chi connectivity index (χ3n) is 4.35. The second-order valence-corrected chi connectivity index (χ2v) is 5.93. The Hall–Kier alpha value is -2.50. The van der Waals surface area contributed by atoms with E-state index in [0.717, 1.165) is 0 Å². The molecular formula is C17H18FN3O2. The van der Waals surface area contributed by atoms with Gasteiger partial charge in [-0.1, -0.05) is 18.2 Å². The summed E-state index contributed by atoms with van der Waals surface area (Å²) in [6.45, 7) is 0.983. The van der Waals surface area contributed by atoms with Crippen LogP contribution in [0.15, 0.2) is 42.7 Å². The first-order chi connectivity index (χ1) is 11.1. The van der Waals surface area contributed by atoms with E-state index in [1.165, 1.54) is 6.07 Å². The van der Waals surface area contributed by atoms with Gasteiger partial charge < -0.3 is 10.0 Å². The minimum atomic E-state index is -1.03. The molecule has 6 heteroatoms. The fourth-order valence-corrected chi connectivity index (χ4v) is 3.16. The number of hydrogen-bond donors (Lipinski definition) is 1. The van der Waals surface area contributed by atoms with Crippen LogP contribution in [0.4, 0.5) is 10.3 Å². The molecule has 1 aromatic heterocycles. The van der Waals surface area contributed by atoms with E-state index in [2.05, 4.69) is 9.97 Å². The molecule has 0 unspecified atom stereocenters. The maximum atomic E-state index is 14.0. The average molecular weight is 315 g/mol. The number of carboxylic acid groups (broad SMARTS) is 1. The summed E-state index contributed by atoms with van der Waals surface area (Å²) >= 11 is 0. The van der Waals surface area contributed by atoms with Gasteiger partial charge in [0.1, 0.15) is 5.82 Å². The number of benzene rings is 1.